The number of benzene rings is 1. The highest BCUT2D eigenvalue weighted by atomic mass is 19.4. The molecule has 1 aliphatic heterocycles. The topological polar surface area (TPSA) is 47.6 Å². The van der Waals surface area contributed by atoms with Gasteiger partial charge < -0.3 is 14.8 Å². The average Bonchev–Trinajstić information content (AvgIpc) is 2.59. The van der Waals surface area contributed by atoms with E-state index in [0.717, 1.165) is 18.1 Å². The SMILES string of the molecule is C=C(C)[C@H]1OCCC[C@H]1C(=O)N[C@@H](C)COc1ccccc1C(F)(F)F. The largest absolute Gasteiger partial charge is 0.491 e. The van der Waals surface area contributed by atoms with Crippen LogP contribution in [0, 0.1) is 5.92 Å². The lowest BCUT2D eigenvalue weighted by atomic mass is 9.89. The van der Waals surface area contributed by atoms with Crippen LogP contribution in [0.25, 0.3) is 0 Å². The molecule has 4 nitrogen and oxygen atoms in total. The normalized spacial score (nSPS) is 21.7. The molecule has 1 fully saturated rings. The second-order valence-electron chi connectivity index (χ2n) is 6.60. The Kier molecular flexibility index (Phi) is 6.69. The summed E-state index contributed by atoms with van der Waals surface area (Å²) in [6.07, 6.45) is -3.35. The van der Waals surface area contributed by atoms with Crippen LogP contribution in [0.4, 0.5) is 13.2 Å². The third-order valence-corrected chi connectivity index (χ3v) is 4.21. The predicted octanol–water partition coefficient (Wildman–Crippen LogP) is 3.96. The van der Waals surface area contributed by atoms with E-state index in [1.807, 2.05) is 6.92 Å². The lowest BCUT2D eigenvalue weighted by molar-refractivity contribution is -0.139. The zero-order valence-electron chi connectivity index (χ0n) is 14.9. The van der Waals surface area contributed by atoms with Crippen molar-refractivity contribution in [2.24, 2.45) is 5.92 Å². The van der Waals surface area contributed by atoms with E-state index in [1.165, 1.54) is 18.2 Å². The Bertz CT molecular complexity index is 645. The van der Waals surface area contributed by atoms with Crippen LogP contribution in [0.1, 0.15) is 32.3 Å². The number of carbonyl (C=O) groups excluding carboxylic acids is 1. The molecule has 0 spiro atoms. The summed E-state index contributed by atoms with van der Waals surface area (Å²) in [7, 11) is 0. The van der Waals surface area contributed by atoms with Gasteiger partial charge in [0.15, 0.2) is 0 Å². The third kappa shape index (κ3) is 5.24. The molecular formula is C19H24F3NO3. The van der Waals surface area contributed by atoms with E-state index >= 15 is 0 Å². The van der Waals surface area contributed by atoms with Gasteiger partial charge in [0.1, 0.15) is 12.4 Å². The van der Waals surface area contributed by atoms with E-state index in [9.17, 15) is 18.0 Å². The number of ether oxygens (including phenoxy) is 2. The molecule has 0 bridgehead atoms. The number of halogens is 3. The smallest absolute Gasteiger partial charge is 0.419 e. The fourth-order valence-corrected chi connectivity index (χ4v) is 2.97. The minimum Gasteiger partial charge on any atom is -0.491 e. The maximum absolute atomic E-state index is 13.0. The molecule has 1 heterocycles. The number of amides is 1. The van der Waals surface area contributed by atoms with Crippen molar-refractivity contribution >= 4 is 5.91 Å². The first kappa shape index (κ1) is 20.3. The van der Waals surface area contributed by atoms with Crippen molar-refractivity contribution in [3.8, 4) is 5.75 Å². The van der Waals surface area contributed by atoms with Gasteiger partial charge in [0.2, 0.25) is 5.91 Å². The fourth-order valence-electron chi connectivity index (χ4n) is 2.97. The summed E-state index contributed by atoms with van der Waals surface area (Å²) >= 11 is 0. The summed E-state index contributed by atoms with van der Waals surface area (Å²) in [5.74, 6) is -0.786. The number of carbonyl (C=O) groups is 1. The number of para-hydroxylation sites is 1. The van der Waals surface area contributed by atoms with Crippen molar-refractivity contribution in [1.82, 2.24) is 5.32 Å². The van der Waals surface area contributed by atoms with Gasteiger partial charge in [-0.05, 0) is 38.8 Å². The first-order valence-electron chi connectivity index (χ1n) is 8.56. The van der Waals surface area contributed by atoms with Crippen molar-refractivity contribution in [2.75, 3.05) is 13.2 Å². The molecule has 1 aliphatic rings. The van der Waals surface area contributed by atoms with E-state index in [0.29, 0.717) is 13.0 Å². The Labute approximate surface area is 151 Å². The molecule has 0 aromatic heterocycles. The Morgan fingerprint density at radius 3 is 2.77 bits per heavy atom. The molecule has 0 radical (unpaired) electrons. The third-order valence-electron chi connectivity index (χ3n) is 4.21. The quantitative estimate of drug-likeness (QED) is 0.770. The van der Waals surface area contributed by atoms with Gasteiger partial charge in [-0.2, -0.15) is 13.2 Å². The van der Waals surface area contributed by atoms with E-state index in [4.69, 9.17) is 9.47 Å². The van der Waals surface area contributed by atoms with Gasteiger partial charge in [0, 0.05) is 6.61 Å². The summed E-state index contributed by atoms with van der Waals surface area (Å²) in [6, 6.07) is 4.57. The number of nitrogens with one attached hydrogen (secondary N) is 1. The zero-order chi connectivity index (χ0) is 19.3. The average molecular weight is 371 g/mol. The van der Waals surface area contributed by atoms with Crippen LogP contribution in [-0.2, 0) is 15.7 Å². The maximum atomic E-state index is 13.0. The molecule has 3 atom stereocenters. The van der Waals surface area contributed by atoms with Gasteiger partial charge >= 0.3 is 6.18 Å². The molecule has 0 unspecified atom stereocenters. The van der Waals surface area contributed by atoms with Gasteiger partial charge in [-0.25, -0.2) is 0 Å². The molecule has 144 valence electrons. The van der Waals surface area contributed by atoms with Crippen LogP contribution < -0.4 is 10.1 Å². The maximum Gasteiger partial charge on any atom is 0.419 e. The Hall–Kier alpha value is -2.02. The summed E-state index contributed by atoms with van der Waals surface area (Å²) in [4.78, 5) is 12.5. The molecule has 1 saturated heterocycles. The molecule has 1 aromatic carbocycles. The van der Waals surface area contributed by atoms with E-state index in [2.05, 4.69) is 11.9 Å². The lowest BCUT2D eigenvalue weighted by Gasteiger charge is -2.32. The fraction of sp³-hybridized carbons (Fsp3) is 0.526. The summed E-state index contributed by atoms with van der Waals surface area (Å²) in [6.45, 7) is 7.89. The van der Waals surface area contributed by atoms with E-state index < -0.39 is 17.8 Å². The molecule has 7 heteroatoms. The molecule has 1 N–H and O–H groups in total. The van der Waals surface area contributed by atoms with E-state index in [-0.39, 0.29) is 30.3 Å². The van der Waals surface area contributed by atoms with Crippen molar-refractivity contribution < 1.29 is 27.4 Å². The van der Waals surface area contributed by atoms with Gasteiger partial charge in [-0.1, -0.05) is 24.3 Å². The predicted molar refractivity (Wildman–Crippen MR) is 91.8 cm³/mol. The lowest BCUT2D eigenvalue weighted by Crippen LogP contribution is -2.46. The second kappa shape index (κ2) is 8.58. The molecular weight excluding hydrogens is 347 g/mol. The molecule has 1 amide bonds. The first-order valence-corrected chi connectivity index (χ1v) is 8.56. The molecule has 0 aliphatic carbocycles. The number of rotatable bonds is 6. The summed E-state index contributed by atoms with van der Waals surface area (Å²) in [5.41, 5.74) is -0.0468. The van der Waals surface area contributed by atoms with Crippen LogP contribution in [0.2, 0.25) is 0 Å². The molecule has 0 saturated carbocycles. The highest BCUT2D eigenvalue weighted by Crippen LogP contribution is 2.35. The minimum absolute atomic E-state index is 0.0653. The monoisotopic (exact) mass is 371 g/mol. The van der Waals surface area contributed by atoms with Crippen molar-refractivity contribution in [1.29, 1.82) is 0 Å². The number of alkyl halides is 3. The molecule has 2 rings (SSSR count). The van der Waals surface area contributed by atoms with E-state index in [1.54, 1.807) is 6.92 Å². The summed E-state index contributed by atoms with van der Waals surface area (Å²) < 4.78 is 49.8. The highest BCUT2D eigenvalue weighted by molar-refractivity contribution is 5.80. The number of hydrogen-bond acceptors (Lipinski definition) is 3. The van der Waals surface area contributed by atoms with Crippen molar-refractivity contribution in [2.45, 2.75) is 45.0 Å². The first-order chi connectivity index (χ1) is 12.2. The highest BCUT2D eigenvalue weighted by Gasteiger charge is 2.35. The summed E-state index contributed by atoms with van der Waals surface area (Å²) in [5, 5.41) is 2.80. The molecule has 1 aromatic rings. The Morgan fingerprint density at radius 2 is 2.12 bits per heavy atom. The zero-order valence-corrected chi connectivity index (χ0v) is 14.9. The van der Waals surface area contributed by atoms with Gasteiger partial charge in [0.25, 0.3) is 0 Å². The Balaban J connectivity index is 1.94. The van der Waals surface area contributed by atoms with Gasteiger partial charge in [-0.3, -0.25) is 4.79 Å². The van der Waals surface area contributed by atoms with Crippen LogP contribution in [-0.4, -0.2) is 31.3 Å². The molecule has 26 heavy (non-hydrogen) atoms. The minimum atomic E-state index is -4.49. The van der Waals surface area contributed by atoms with Gasteiger partial charge in [-0.15, -0.1) is 0 Å². The van der Waals surface area contributed by atoms with Gasteiger partial charge in [0.05, 0.1) is 23.6 Å². The van der Waals surface area contributed by atoms with Crippen LogP contribution in [0.15, 0.2) is 36.4 Å². The van der Waals surface area contributed by atoms with Crippen LogP contribution in [0.3, 0.4) is 0 Å². The number of hydrogen-bond donors (Lipinski definition) is 1. The van der Waals surface area contributed by atoms with Crippen LogP contribution in [0.5, 0.6) is 5.75 Å². The van der Waals surface area contributed by atoms with Crippen molar-refractivity contribution in [3.63, 3.8) is 0 Å². The standard InChI is InChI=1S/C19H24F3NO3/c1-12(2)17-14(7-6-10-25-17)18(24)23-13(3)11-26-16-9-5-4-8-15(16)19(20,21)22/h4-5,8-9,13-14,17H,1,6-7,10-11H2,2-3H3,(H,23,24)/t13-,14+,17+/m0/s1. The second-order valence-corrected chi connectivity index (χ2v) is 6.60. The van der Waals surface area contributed by atoms with Crippen LogP contribution >= 0.6 is 0 Å². The Morgan fingerprint density at radius 1 is 1.42 bits per heavy atom. The van der Waals surface area contributed by atoms with Crippen molar-refractivity contribution in [3.05, 3.63) is 42.0 Å².